The lowest BCUT2D eigenvalue weighted by Gasteiger charge is -2.31. The summed E-state index contributed by atoms with van der Waals surface area (Å²) in [6.07, 6.45) is 4.52. The predicted molar refractivity (Wildman–Crippen MR) is 396 cm³/mol. The summed E-state index contributed by atoms with van der Waals surface area (Å²) in [4.78, 5) is 150. The number of hydrogen-bond acceptors (Lipinski definition) is 24. The van der Waals surface area contributed by atoms with Crippen molar-refractivity contribution in [2.45, 2.75) is 128 Å². The standard InChI is InChI=1S/C78H105FN10O23/c1-4-78(101)57-38-62-70-55(44-88(62)76(99)56(57)45-111-77(78)100)69-59(17-16-54-49(3)58(79)39-60(86-70)68(54)69)87-74(97)71(52-14-15-52)112-47-84-64(91)41-83-73(96)61(37-50-8-6-5-7-9-50)85-65(92)42-81-63(90)40-82-66(93)46-110-35-34-109-33-32-108-31-30-107-29-28-106-27-26-105-25-24-104-23-22-103-21-20-102-19-18-80-72(95)53-12-10-51(11-13-53)43-89-67(94)36-48(2)75(89)98/h5-9,38-39,48,51-53,59,61,71,101H,4,10-37,40-47H2,1-3H3,(H,80,95)(H,81,90)(H,82,93)(H,83,96)(H,84,91)(H,85,92)(H,87,97)/t48?,51?,53?,59-,61-,71+,78-/m0/s1. The summed E-state index contributed by atoms with van der Waals surface area (Å²) >= 11 is 0. The highest BCUT2D eigenvalue weighted by molar-refractivity contribution is 6.03. The van der Waals surface area contributed by atoms with Crippen LogP contribution < -0.4 is 42.8 Å². The van der Waals surface area contributed by atoms with E-state index in [1.54, 1.807) is 57.2 Å². The molecule has 2 saturated carbocycles. The first kappa shape index (κ1) is 85.6. The van der Waals surface area contributed by atoms with Gasteiger partial charge in [-0.05, 0) is 105 Å². The van der Waals surface area contributed by atoms with E-state index in [-0.39, 0.29) is 105 Å². The van der Waals surface area contributed by atoms with Crippen molar-refractivity contribution in [2.24, 2.45) is 23.7 Å². The van der Waals surface area contributed by atoms with E-state index in [2.05, 4.69) is 37.2 Å². The molecule has 0 spiro atoms. The number of nitrogens with zero attached hydrogens (tertiary/aromatic N) is 3. The predicted octanol–water partition coefficient (Wildman–Crippen LogP) is 1.04. The van der Waals surface area contributed by atoms with Gasteiger partial charge in [-0.1, -0.05) is 44.2 Å². The molecule has 5 atom stereocenters. The molecule has 3 aliphatic carbocycles. The quantitative estimate of drug-likeness (QED) is 0.0117. The minimum Gasteiger partial charge on any atom is -0.458 e. The van der Waals surface area contributed by atoms with Gasteiger partial charge in [-0.15, -0.1) is 0 Å². The number of fused-ring (bicyclic) bond motifs is 5. The van der Waals surface area contributed by atoms with Gasteiger partial charge >= 0.3 is 5.97 Å². The van der Waals surface area contributed by atoms with Crippen LogP contribution in [-0.4, -0.2) is 249 Å². The van der Waals surface area contributed by atoms with Gasteiger partial charge in [-0.2, -0.15) is 0 Å². The molecule has 2 aromatic carbocycles. The van der Waals surface area contributed by atoms with Crippen LogP contribution in [0.5, 0.6) is 0 Å². The number of benzene rings is 2. The van der Waals surface area contributed by atoms with Crippen molar-refractivity contribution in [1.82, 2.24) is 51.7 Å². The van der Waals surface area contributed by atoms with Gasteiger partial charge in [0.15, 0.2) is 5.60 Å². The number of imide groups is 1. The molecule has 9 amide bonds. The van der Waals surface area contributed by atoms with Crippen molar-refractivity contribution < 1.29 is 110 Å². The van der Waals surface area contributed by atoms with E-state index < -0.39 is 103 Å². The number of aliphatic hydroxyl groups is 1. The molecule has 6 aliphatic rings. The molecular weight excluding hydrogens is 1460 g/mol. The second kappa shape index (κ2) is 42.9. The van der Waals surface area contributed by atoms with Crippen LogP contribution in [0.4, 0.5) is 4.39 Å². The minimum atomic E-state index is -2.06. The first-order chi connectivity index (χ1) is 54.2. The normalized spacial score (nSPS) is 19.4. The summed E-state index contributed by atoms with van der Waals surface area (Å²) in [5.74, 6) is -5.54. The summed E-state index contributed by atoms with van der Waals surface area (Å²) in [5.41, 5.74) is 1.89. The number of ether oxygens (including phenoxy) is 11. The van der Waals surface area contributed by atoms with Crippen molar-refractivity contribution in [1.29, 1.82) is 0 Å². The van der Waals surface area contributed by atoms with Crippen LogP contribution >= 0.6 is 0 Å². The lowest BCUT2D eigenvalue weighted by Crippen LogP contribution is -2.52. The molecule has 1 saturated heterocycles. The highest BCUT2D eigenvalue weighted by atomic mass is 19.1. The van der Waals surface area contributed by atoms with Gasteiger partial charge in [0, 0.05) is 60.3 Å². The van der Waals surface area contributed by atoms with Crippen molar-refractivity contribution in [3.63, 3.8) is 0 Å². The van der Waals surface area contributed by atoms with Crippen molar-refractivity contribution >= 4 is 70.0 Å². The zero-order valence-electron chi connectivity index (χ0n) is 63.9. The number of hydrogen-bond donors (Lipinski definition) is 8. The molecule has 4 aromatic rings. The Bertz CT molecular complexity index is 4010. The molecule has 33 nitrogen and oxygen atoms in total. The third-order valence-corrected chi connectivity index (χ3v) is 20.7. The maximum Gasteiger partial charge on any atom is 0.343 e. The van der Waals surface area contributed by atoms with E-state index in [0.717, 1.165) is 31.2 Å². The topological polar surface area (TPSA) is 415 Å². The molecule has 0 radical (unpaired) electrons. The molecule has 34 heteroatoms. The average molecular weight is 1570 g/mol. The highest BCUT2D eigenvalue weighted by Crippen LogP contribution is 2.47. The van der Waals surface area contributed by atoms with E-state index in [1.165, 1.54) is 15.5 Å². The molecule has 5 heterocycles. The molecule has 0 bridgehead atoms. The number of nitrogens with one attached hydrogen (secondary N) is 7. The monoisotopic (exact) mass is 1570 g/mol. The van der Waals surface area contributed by atoms with Crippen LogP contribution in [0.1, 0.15) is 117 Å². The Kier molecular flexibility index (Phi) is 32.8. The molecule has 10 rings (SSSR count). The number of pyridine rings is 2. The van der Waals surface area contributed by atoms with Gasteiger partial charge in [0.2, 0.25) is 53.2 Å². The van der Waals surface area contributed by atoms with Crippen LogP contribution in [0, 0.1) is 36.4 Å². The van der Waals surface area contributed by atoms with Gasteiger partial charge in [-0.3, -0.25) is 52.8 Å². The van der Waals surface area contributed by atoms with Gasteiger partial charge in [0.1, 0.15) is 37.9 Å². The lowest BCUT2D eigenvalue weighted by molar-refractivity contribution is -0.172. The summed E-state index contributed by atoms with van der Waals surface area (Å²) in [5, 5.41) is 30.8. The number of carbonyl (C=O) groups is 10. The van der Waals surface area contributed by atoms with Gasteiger partial charge < -0.3 is 99.0 Å². The molecule has 1 unspecified atom stereocenters. The summed E-state index contributed by atoms with van der Waals surface area (Å²) < 4.78 is 77.9. The van der Waals surface area contributed by atoms with E-state index in [4.69, 9.17) is 57.1 Å². The average Bonchev–Trinajstić information content (AvgIpc) is 1.51. The number of rotatable bonds is 49. The number of halogens is 1. The first-order valence-corrected chi connectivity index (χ1v) is 38.7. The molecule has 3 aliphatic heterocycles. The Morgan fingerprint density at radius 2 is 1.24 bits per heavy atom. The fraction of sp³-hybridized carbons (Fsp3) is 0.615. The molecule has 612 valence electrons. The molecule has 112 heavy (non-hydrogen) atoms. The summed E-state index contributed by atoms with van der Waals surface area (Å²) in [7, 11) is 0. The van der Waals surface area contributed by atoms with E-state index in [1.807, 2.05) is 0 Å². The Balaban J connectivity index is 0.512. The number of cyclic esters (lactones) is 1. The fourth-order valence-corrected chi connectivity index (χ4v) is 14.3. The Morgan fingerprint density at radius 1 is 0.661 bits per heavy atom. The SMILES string of the molecule is CC[C@@]1(O)C(=O)OCc2c1cc1n(c2=O)Cc2c-1nc1cc(F)c(C)c3c1c2[C@@H](NC(=O)[C@H](OCNC(=O)CNC(=O)[C@H](Cc1ccccc1)NC(=O)CNC(=O)CNC(=O)COCCOCCOCCOCCOCCOCCOCCOCCOCCNC(=O)C1CCC(CN2C(=O)CC(C)C2=O)CC1)C1CC1)CC3. The van der Waals surface area contributed by atoms with Crippen molar-refractivity contribution in [3.05, 3.63) is 97.6 Å². The number of aryl methyl sites for hydroxylation is 1. The third-order valence-electron chi connectivity index (χ3n) is 20.7. The Morgan fingerprint density at radius 3 is 1.84 bits per heavy atom. The van der Waals surface area contributed by atoms with E-state index in [0.29, 0.717) is 182 Å². The van der Waals surface area contributed by atoms with E-state index in [9.17, 15) is 57.8 Å². The number of likely N-dealkylation sites (tertiary alicyclic amines) is 1. The Hall–Kier alpha value is -8.81. The Labute approximate surface area is 648 Å². The highest BCUT2D eigenvalue weighted by Gasteiger charge is 2.47. The van der Waals surface area contributed by atoms with Crippen LogP contribution in [0.15, 0.2) is 47.3 Å². The summed E-state index contributed by atoms with van der Waals surface area (Å²) in [6.45, 7) is 9.38. The van der Waals surface area contributed by atoms with Crippen LogP contribution in [0.25, 0.3) is 22.3 Å². The maximum atomic E-state index is 15.6. The molecule has 8 N–H and O–H groups in total. The number of amides is 9. The van der Waals surface area contributed by atoms with Gasteiger partial charge in [0.25, 0.3) is 5.56 Å². The summed E-state index contributed by atoms with van der Waals surface area (Å²) in [6, 6.07) is 9.87. The smallest absolute Gasteiger partial charge is 0.343 e. The second-order valence-corrected chi connectivity index (χ2v) is 28.6. The van der Waals surface area contributed by atoms with Crippen LogP contribution in [0.2, 0.25) is 0 Å². The third kappa shape index (κ3) is 23.9. The van der Waals surface area contributed by atoms with Crippen molar-refractivity contribution in [3.8, 4) is 11.4 Å². The largest absolute Gasteiger partial charge is 0.458 e. The molecular formula is C78H105FN10O23. The number of carbonyl (C=O) groups excluding carboxylic acids is 10. The zero-order valence-corrected chi connectivity index (χ0v) is 63.9. The van der Waals surface area contributed by atoms with E-state index >= 15 is 4.39 Å². The van der Waals surface area contributed by atoms with Crippen LogP contribution in [-0.2, 0) is 132 Å². The molecule has 2 aromatic heterocycles. The number of aromatic nitrogens is 2. The van der Waals surface area contributed by atoms with Crippen LogP contribution in [0.3, 0.4) is 0 Å². The second-order valence-electron chi connectivity index (χ2n) is 28.6. The zero-order chi connectivity index (χ0) is 79.5. The number of esters is 1. The minimum absolute atomic E-state index is 0.0170. The van der Waals surface area contributed by atoms with Gasteiger partial charge in [-0.25, -0.2) is 14.2 Å². The van der Waals surface area contributed by atoms with Crippen molar-refractivity contribution in [2.75, 3.05) is 158 Å². The fourth-order valence-electron chi connectivity index (χ4n) is 14.3. The molecule has 3 fully saturated rings. The van der Waals surface area contributed by atoms with Gasteiger partial charge in [0.05, 0.1) is 167 Å². The maximum absolute atomic E-state index is 15.6. The lowest BCUT2D eigenvalue weighted by atomic mass is 9.81. The first-order valence-electron chi connectivity index (χ1n) is 38.7.